The Morgan fingerprint density at radius 1 is 1.05 bits per heavy atom. The number of hydrogen-bond acceptors (Lipinski definition) is 2. The van der Waals surface area contributed by atoms with Crippen LogP contribution in [0.2, 0.25) is 0 Å². The number of piperazine rings is 1. The summed E-state index contributed by atoms with van der Waals surface area (Å²) in [5.74, 6) is -0.205. The van der Waals surface area contributed by atoms with Crippen molar-refractivity contribution in [2.45, 2.75) is 12.5 Å². The molecule has 0 aromatic heterocycles. The topological polar surface area (TPSA) is 41.1 Å². The van der Waals surface area contributed by atoms with Crippen LogP contribution in [-0.4, -0.2) is 25.0 Å². The predicted molar refractivity (Wildman–Crippen MR) is 80.3 cm³/mol. The van der Waals surface area contributed by atoms with Crippen molar-refractivity contribution in [3.05, 3.63) is 59.9 Å². The van der Waals surface area contributed by atoms with Crippen LogP contribution in [0.4, 0.5) is 4.39 Å². The summed E-state index contributed by atoms with van der Waals surface area (Å²) < 4.78 is 13.3. The first-order valence-electron chi connectivity index (χ1n) is 7.08. The first kappa shape index (κ1) is 13.8. The van der Waals surface area contributed by atoms with E-state index in [1.54, 1.807) is 6.07 Å². The number of carbonyl (C=O) groups is 1. The molecular formula is C17H17FN2O. The van der Waals surface area contributed by atoms with Gasteiger partial charge < -0.3 is 10.6 Å². The molecule has 1 saturated heterocycles. The number of amides is 1. The maximum atomic E-state index is 13.3. The molecule has 108 valence electrons. The third kappa shape index (κ3) is 3.28. The molecule has 0 aliphatic carbocycles. The Morgan fingerprint density at radius 2 is 1.81 bits per heavy atom. The Kier molecular flexibility index (Phi) is 3.97. The quantitative estimate of drug-likeness (QED) is 0.906. The van der Waals surface area contributed by atoms with Gasteiger partial charge in [0.15, 0.2) is 0 Å². The lowest BCUT2D eigenvalue weighted by molar-refractivity contribution is -0.124. The number of carbonyl (C=O) groups excluding carboxylic acids is 1. The van der Waals surface area contributed by atoms with Crippen LogP contribution in [0.15, 0.2) is 48.5 Å². The third-order valence-corrected chi connectivity index (χ3v) is 3.66. The molecule has 2 aromatic rings. The second kappa shape index (κ2) is 6.06. The Balaban J connectivity index is 1.81. The van der Waals surface area contributed by atoms with Crippen LogP contribution in [0, 0.1) is 5.82 Å². The highest BCUT2D eigenvalue weighted by Gasteiger charge is 2.21. The molecule has 1 aliphatic rings. The van der Waals surface area contributed by atoms with E-state index in [9.17, 15) is 9.18 Å². The zero-order chi connectivity index (χ0) is 14.7. The minimum absolute atomic E-state index is 0.0393. The van der Waals surface area contributed by atoms with Gasteiger partial charge in [0.2, 0.25) is 5.91 Å². The first-order chi connectivity index (χ1) is 10.2. The summed E-state index contributed by atoms with van der Waals surface area (Å²) in [5, 5.41) is 6.07. The van der Waals surface area contributed by atoms with E-state index in [2.05, 4.69) is 10.6 Å². The van der Waals surface area contributed by atoms with Gasteiger partial charge in [-0.15, -0.1) is 0 Å². The zero-order valence-electron chi connectivity index (χ0n) is 11.6. The lowest BCUT2D eigenvalue weighted by Crippen LogP contribution is -2.53. The molecule has 2 N–H and O–H groups in total. The van der Waals surface area contributed by atoms with Crippen molar-refractivity contribution in [1.29, 1.82) is 0 Å². The molecule has 1 heterocycles. The van der Waals surface area contributed by atoms with Crippen LogP contribution in [0.5, 0.6) is 0 Å². The summed E-state index contributed by atoms with van der Waals surface area (Å²) in [6.45, 7) is 1.47. The Morgan fingerprint density at radius 3 is 2.57 bits per heavy atom. The highest BCUT2D eigenvalue weighted by Crippen LogP contribution is 2.22. The zero-order valence-corrected chi connectivity index (χ0v) is 11.6. The molecule has 1 amide bonds. The van der Waals surface area contributed by atoms with Gasteiger partial charge in [-0.2, -0.15) is 0 Å². The molecule has 2 aromatic carbocycles. The van der Waals surface area contributed by atoms with Gasteiger partial charge in [-0.1, -0.05) is 36.4 Å². The van der Waals surface area contributed by atoms with E-state index >= 15 is 0 Å². The standard InChI is InChI=1S/C17H17FN2O/c18-15-6-2-5-14(11-15)13-4-1-3-12(9-13)10-16-17(21)20-8-7-19-16/h1-6,9,11,16,19H,7-8,10H2,(H,20,21). The molecule has 1 unspecified atom stereocenters. The SMILES string of the molecule is O=C1NCCNC1Cc1cccc(-c2cccc(F)c2)c1. The predicted octanol–water partition coefficient (Wildman–Crippen LogP) is 2.12. The van der Waals surface area contributed by atoms with Crippen molar-refractivity contribution in [3.8, 4) is 11.1 Å². The van der Waals surface area contributed by atoms with Crippen molar-refractivity contribution in [3.63, 3.8) is 0 Å². The van der Waals surface area contributed by atoms with E-state index < -0.39 is 0 Å². The second-order valence-electron chi connectivity index (χ2n) is 5.21. The molecule has 3 nitrogen and oxygen atoms in total. The van der Waals surface area contributed by atoms with E-state index in [0.29, 0.717) is 13.0 Å². The van der Waals surface area contributed by atoms with Crippen LogP contribution in [0.1, 0.15) is 5.56 Å². The van der Waals surface area contributed by atoms with Gasteiger partial charge in [-0.3, -0.25) is 4.79 Å². The highest BCUT2D eigenvalue weighted by atomic mass is 19.1. The van der Waals surface area contributed by atoms with E-state index in [4.69, 9.17) is 0 Å². The van der Waals surface area contributed by atoms with Crippen molar-refractivity contribution in [1.82, 2.24) is 10.6 Å². The molecule has 3 rings (SSSR count). The Bertz CT molecular complexity index is 657. The fourth-order valence-corrected chi connectivity index (χ4v) is 2.59. The summed E-state index contributed by atoms with van der Waals surface area (Å²) in [6, 6.07) is 14.2. The van der Waals surface area contributed by atoms with Gasteiger partial charge in [-0.05, 0) is 35.2 Å². The highest BCUT2D eigenvalue weighted by molar-refractivity contribution is 5.82. The van der Waals surface area contributed by atoms with Crippen molar-refractivity contribution >= 4 is 5.91 Å². The molecule has 0 spiro atoms. The number of halogens is 1. The summed E-state index contributed by atoms with van der Waals surface area (Å²) in [7, 11) is 0. The molecular weight excluding hydrogens is 267 g/mol. The van der Waals surface area contributed by atoms with E-state index in [1.165, 1.54) is 12.1 Å². The lowest BCUT2D eigenvalue weighted by Gasteiger charge is -2.23. The van der Waals surface area contributed by atoms with E-state index in [1.807, 2.05) is 30.3 Å². The molecule has 0 bridgehead atoms. The van der Waals surface area contributed by atoms with Gasteiger partial charge in [-0.25, -0.2) is 4.39 Å². The van der Waals surface area contributed by atoms with Crippen LogP contribution in [0.25, 0.3) is 11.1 Å². The van der Waals surface area contributed by atoms with Gasteiger partial charge in [0, 0.05) is 13.1 Å². The molecule has 0 radical (unpaired) electrons. The first-order valence-corrected chi connectivity index (χ1v) is 7.08. The minimum Gasteiger partial charge on any atom is -0.353 e. The number of rotatable bonds is 3. The minimum atomic E-state index is -0.244. The number of hydrogen-bond donors (Lipinski definition) is 2. The molecule has 1 fully saturated rings. The summed E-state index contributed by atoms with van der Waals surface area (Å²) >= 11 is 0. The molecule has 4 heteroatoms. The summed E-state index contributed by atoms with van der Waals surface area (Å²) in [5.41, 5.74) is 2.87. The largest absolute Gasteiger partial charge is 0.353 e. The van der Waals surface area contributed by atoms with Crippen molar-refractivity contribution in [2.24, 2.45) is 0 Å². The average Bonchev–Trinajstić information content (AvgIpc) is 2.50. The number of benzene rings is 2. The normalized spacial score (nSPS) is 18.3. The van der Waals surface area contributed by atoms with Crippen molar-refractivity contribution in [2.75, 3.05) is 13.1 Å². The monoisotopic (exact) mass is 284 g/mol. The third-order valence-electron chi connectivity index (χ3n) is 3.66. The van der Waals surface area contributed by atoms with Crippen molar-refractivity contribution < 1.29 is 9.18 Å². The molecule has 1 atom stereocenters. The maximum absolute atomic E-state index is 13.3. The van der Waals surface area contributed by atoms with Crippen LogP contribution >= 0.6 is 0 Å². The van der Waals surface area contributed by atoms with Gasteiger partial charge in [0.1, 0.15) is 5.82 Å². The average molecular weight is 284 g/mol. The van der Waals surface area contributed by atoms with Gasteiger partial charge in [0.25, 0.3) is 0 Å². The van der Waals surface area contributed by atoms with E-state index in [-0.39, 0.29) is 17.8 Å². The van der Waals surface area contributed by atoms with Crippen LogP contribution < -0.4 is 10.6 Å². The maximum Gasteiger partial charge on any atom is 0.237 e. The Labute approximate surface area is 123 Å². The fourth-order valence-electron chi connectivity index (χ4n) is 2.59. The molecule has 0 saturated carbocycles. The lowest BCUT2D eigenvalue weighted by atomic mass is 9.98. The Hall–Kier alpha value is -2.20. The van der Waals surface area contributed by atoms with Gasteiger partial charge >= 0.3 is 0 Å². The summed E-state index contributed by atoms with van der Waals surface area (Å²) in [6.07, 6.45) is 0.634. The summed E-state index contributed by atoms with van der Waals surface area (Å²) in [4.78, 5) is 11.8. The van der Waals surface area contributed by atoms with Crippen LogP contribution in [-0.2, 0) is 11.2 Å². The smallest absolute Gasteiger partial charge is 0.237 e. The fraction of sp³-hybridized carbons (Fsp3) is 0.235. The number of nitrogens with one attached hydrogen (secondary N) is 2. The van der Waals surface area contributed by atoms with Gasteiger partial charge in [0.05, 0.1) is 6.04 Å². The molecule has 21 heavy (non-hydrogen) atoms. The second-order valence-corrected chi connectivity index (χ2v) is 5.21. The molecule has 1 aliphatic heterocycles. The van der Waals surface area contributed by atoms with Crippen LogP contribution in [0.3, 0.4) is 0 Å². The van der Waals surface area contributed by atoms with E-state index in [0.717, 1.165) is 23.2 Å².